The highest BCUT2D eigenvalue weighted by molar-refractivity contribution is 7.95. The zero-order valence-corrected chi connectivity index (χ0v) is 16.7. The summed E-state index contributed by atoms with van der Waals surface area (Å²) in [6.45, 7) is 6.02. The Morgan fingerprint density at radius 2 is 1.00 bits per heavy atom. The standard InChI is InChI=1S/C24H28OP/c1-20(24(2,3)25)19-26(21-13-7-4-8-14-21,22-15-9-5-10-16-22)23-17-11-6-12-18-23/h4-18,20,25H,19H2,1-3H3/q+1. The van der Waals surface area contributed by atoms with Crippen LogP contribution in [0.5, 0.6) is 0 Å². The summed E-state index contributed by atoms with van der Waals surface area (Å²) < 4.78 is 0. The quantitative estimate of drug-likeness (QED) is 0.644. The van der Waals surface area contributed by atoms with E-state index in [4.69, 9.17) is 0 Å². The van der Waals surface area contributed by atoms with Crippen LogP contribution in [0.3, 0.4) is 0 Å². The van der Waals surface area contributed by atoms with Crippen LogP contribution in [0.15, 0.2) is 91.0 Å². The summed E-state index contributed by atoms with van der Waals surface area (Å²) in [7, 11) is -1.87. The minimum atomic E-state index is -1.87. The topological polar surface area (TPSA) is 20.2 Å². The van der Waals surface area contributed by atoms with Crippen molar-refractivity contribution < 1.29 is 5.11 Å². The zero-order valence-electron chi connectivity index (χ0n) is 15.8. The van der Waals surface area contributed by atoms with Crippen molar-refractivity contribution in [2.45, 2.75) is 26.4 Å². The van der Waals surface area contributed by atoms with Crippen LogP contribution in [0.2, 0.25) is 0 Å². The Hall–Kier alpha value is -1.95. The van der Waals surface area contributed by atoms with E-state index in [9.17, 15) is 5.11 Å². The monoisotopic (exact) mass is 363 g/mol. The van der Waals surface area contributed by atoms with Gasteiger partial charge in [0, 0.05) is 5.92 Å². The lowest BCUT2D eigenvalue weighted by Crippen LogP contribution is -2.40. The van der Waals surface area contributed by atoms with Crippen LogP contribution in [0, 0.1) is 5.92 Å². The van der Waals surface area contributed by atoms with Crippen molar-refractivity contribution in [1.29, 1.82) is 0 Å². The summed E-state index contributed by atoms with van der Waals surface area (Å²) in [5, 5.41) is 14.8. The lowest BCUT2D eigenvalue weighted by molar-refractivity contribution is 0.0342. The van der Waals surface area contributed by atoms with Crippen molar-refractivity contribution in [3.63, 3.8) is 0 Å². The van der Waals surface area contributed by atoms with Gasteiger partial charge in [-0.2, -0.15) is 0 Å². The molecule has 0 bridgehead atoms. The summed E-state index contributed by atoms with van der Waals surface area (Å²) >= 11 is 0. The Morgan fingerprint density at radius 3 is 1.27 bits per heavy atom. The van der Waals surface area contributed by atoms with Crippen molar-refractivity contribution in [1.82, 2.24) is 0 Å². The molecule has 0 saturated heterocycles. The molecule has 0 aliphatic carbocycles. The summed E-state index contributed by atoms with van der Waals surface area (Å²) in [5.41, 5.74) is -0.719. The van der Waals surface area contributed by atoms with Gasteiger partial charge >= 0.3 is 0 Å². The van der Waals surface area contributed by atoms with Crippen LogP contribution in [-0.2, 0) is 0 Å². The fourth-order valence-corrected chi connectivity index (χ4v) is 8.28. The Morgan fingerprint density at radius 1 is 0.692 bits per heavy atom. The molecule has 3 aromatic rings. The lowest BCUT2D eigenvalue weighted by Gasteiger charge is -2.34. The molecule has 1 atom stereocenters. The van der Waals surface area contributed by atoms with E-state index in [2.05, 4.69) is 97.9 Å². The molecular weight excluding hydrogens is 335 g/mol. The predicted octanol–water partition coefficient (Wildman–Crippen LogP) is 4.39. The second kappa shape index (κ2) is 7.74. The average molecular weight is 363 g/mol. The fraction of sp³-hybridized carbons (Fsp3) is 0.250. The number of hydrogen-bond donors (Lipinski definition) is 1. The van der Waals surface area contributed by atoms with Gasteiger partial charge in [0.1, 0.15) is 23.2 Å². The van der Waals surface area contributed by atoms with E-state index >= 15 is 0 Å². The fourth-order valence-electron chi connectivity index (χ4n) is 3.45. The Balaban J connectivity index is 2.28. The van der Waals surface area contributed by atoms with Gasteiger partial charge in [-0.1, -0.05) is 61.5 Å². The van der Waals surface area contributed by atoms with E-state index in [0.29, 0.717) is 0 Å². The highest BCUT2D eigenvalue weighted by atomic mass is 31.2. The summed E-state index contributed by atoms with van der Waals surface area (Å²) in [5.74, 6) is 0.163. The van der Waals surface area contributed by atoms with Crippen molar-refractivity contribution >= 4 is 23.2 Å². The molecule has 0 radical (unpaired) electrons. The smallest absolute Gasteiger partial charge is 0.112 e. The molecule has 0 aromatic heterocycles. The largest absolute Gasteiger partial charge is 0.390 e. The third-order valence-electron chi connectivity index (χ3n) is 5.34. The first-order chi connectivity index (χ1) is 12.4. The van der Waals surface area contributed by atoms with E-state index in [-0.39, 0.29) is 5.92 Å². The molecule has 2 heteroatoms. The molecule has 0 heterocycles. The van der Waals surface area contributed by atoms with Crippen molar-refractivity contribution in [2.24, 2.45) is 5.92 Å². The zero-order chi connectivity index (χ0) is 18.6. The van der Waals surface area contributed by atoms with Gasteiger partial charge in [-0.3, -0.25) is 0 Å². The highest BCUT2D eigenvalue weighted by Gasteiger charge is 2.48. The van der Waals surface area contributed by atoms with Crippen molar-refractivity contribution in [3.05, 3.63) is 91.0 Å². The van der Waals surface area contributed by atoms with E-state index in [1.165, 1.54) is 15.9 Å². The Kier molecular flexibility index (Phi) is 5.61. The van der Waals surface area contributed by atoms with Gasteiger partial charge in [-0.05, 0) is 50.2 Å². The van der Waals surface area contributed by atoms with E-state index in [0.717, 1.165) is 6.16 Å². The molecule has 0 amide bonds. The molecule has 0 aliphatic heterocycles. The predicted molar refractivity (Wildman–Crippen MR) is 115 cm³/mol. The normalized spacial score (nSPS) is 13.4. The second-order valence-corrected chi connectivity index (χ2v) is 11.1. The maximum absolute atomic E-state index is 10.7. The van der Waals surface area contributed by atoms with Gasteiger partial charge in [-0.15, -0.1) is 0 Å². The molecule has 0 aliphatic rings. The SMILES string of the molecule is CC(C[P+](c1ccccc1)(c1ccccc1)c1ccccc1)C(C)(C)O. The molecule has 134 valence electrons. The molecule has 3 aromatic carbocycles. The third-order valence-corrected chi connectivity index (χ3v) is 9.98. The summed E-state index contributed by atoms with van der Waals surface area (Å²) in [4.78, 5) is 0. The van der Waals surface area contributed by atoms with Crippen LogP contribution in [0.1, 0.15) is 20.8 Å². The van der Waals surface area contributed by atoms with Crippen molar-refractivity contribution in [2.75, 3.05) is 6.16 Å². The van der Waals surface area contributed by atoms with Gasteiger partial charge in [-0.25, -0.2) is 0 Å². The van der Waals surface area contributed by atoms with Gasteiger partial charge in [0.15, 0.2) is 0 Å². The van der Waals surface area contributed by atoms with Crippen LogP contribution >= 0.6 is 7.26 Å². The van der Waals surface area contributed by atoms with Crippen LogP contribution < -0.4 is 15.9 Å². The first-order valence-corrected chi connectivity index (χ1v) is 11.2. The van der Waals surface area contributed by atoms with E-state index in [1.807, 2.05) is 13.8 Å². The first-order valence-electron chi connectivity index (χ1n) is 9.22. The van der Waals surface area contributed by atoms with Gasteiger partial charge in [0.05, 0.1) is 11.8 Å². The van der Waals surface area contributed by atoms with Crippen LogP contribution in [0.4, 0.5) is 0 Å². The van der Waals surface area contributed by atoms with E-state index in [1.54, 1.807) is 0 Å². The molecular formula is C24H28OP+. The van der Waals surface area contributed by atoms with Gasteiger partial charge in [0.2, 0.25) is 0 Å². The Labute approximate surface area is 158 Å². The first kappa shape index (κ1) is 18.8. The number of rotatable bonds is 6. The molecule has 3 rings (SSSR count). The summed E-state index contributed by atoms with van der Waals surface area (Å²) in [6, 6.07) is 32.5. The Bertz CT molecular complexity index is 710. The van der Waals surface area contributed by atoms with Gasteiger partial charge in [0.25, 0.3) is 0 Å². The van der Waals surface area contributed by atoms with Gasteiger partial charge < -0.3 is 5.11 Å². The second-order valence-electron chi connectivity index (χ2n) is 7.55. The molecule has 1 N–H and O–H groups in total. The summed E-state index contributed by atoms with van der Waals surface area (Å²) in [6.07, 6.45) is 0.939. The highest BCUT2D eigenvalue weighted by Crippen LogP contribution is 2.57. The van der Waals surface area contributed by atoms with E-state index < -0.39 is 12.9 Å². The van der Waals surface area contributed by atoms with Crippen LogP contribution in [0.25, 0.3) is 0 Å². The van der Waals surface area contributed by atoms with Crippen LogP contribution in [-0.4, -0.2) is 16.9 Å². The molecule has 0 saturated carbocycles. The molecule has 1 nitrogen and oxygen atoms in total. The maximum Gasteiger partial charge on any atom is 0.112 e. The third kappa shape index (κ3) is 3.75. The minimum absolute atomic E-state index is 0.163. The molecule has 26 heavy (non-hydrogen) atoms. The number of benzene rings is 3. The number of aliphatic hydroxyl groups is 1. The minimum Gasteiger partial charge on any atom is -0.390 e. The molecule has 0 spiro atoms. The maximum atomic E-state index is 10.7. The molecule has 0 fully saturated rings. The average Bonchev–Trinajstić information content (AvgIpc) is 2.67. The van der Waals surface area contributed by atoms with Crippen molar-refractivity contribution in [3.8, 4) is 0 Å². The number of hydrogen-bond acceptors (Lipinski definition) is 1. The molecule has 1 unspecified atom stereocenters. The lowest BCUT2D eigenvalue weighted by atomic mass is 9.95.